The number of nitrogens with two attached hydrogens (primary N) is 1. The quantitative estimate of drug-likeness (QED) is 0.0264. The average Bonchev–Trinajstić information content (AvgIpc) is 3.34. The van der Waals surface area contributed by atoms with E-state index < -0.39 is 32.5 Å². The zero-order chi connectivity index (χ0) is 50.2. The summed E-state index contributed by atoms with van der Waals surface area (Å²) in [6, 6.07) is 0. The molecule has 9 nitrogen and oxygen atoms in total. The topological polar surface area (TPSA) is 134 Å². The van der Waals surface area contributed by atoms with E-state index in [0.717, 1.165) is 89.9 Å². The van der Waals surface area contributed by atoms with Crippen LogP contribution in [-0.2, 0) is 32.7 Å². The monoisotopic (exact) mass is 984 g/mol. The summed E-state index contributed by atoms with van der Waals surface area (Å²) in [5.41, 5.74) is 5.37. The third-order valence-corrected chi connectivity index (χ3v) is 12.4. The van der Waals surface area contributed by atoms with Gasteiger partial charge >= 0.3 is 19.8 Å². The van der Waals surface area contributed by atoms with Gasteiger partial charge in [-0.3, -0.25) is 18.6 Å². The number of carbonyl (C=O) groups excluding carboxylic acids is 2. The lowest BCUT2D eigenvalue weighted by Crippen LogP contribution is -2.29. The molecule has 3 N–H and O–H groups in total. The number of phosphoric ester groups is 1. The summed E-state index contributed by atoms with van der Waals surface area (Å²) in [5.74, 6) is -0.860. The maximum Gasteiger partial charge on any atom is 0.472 e. The Kier molecular flexibility index (Phi) is 51.9. The van der Waals surface area contributed by atoms with E-state index in [9.17, 15) is 19.0 Å². The summed E-state index contributed by atoms with van der Waals surface area (Å²) in [7, 11) is -4.40. The van der Waals surface area contributed by atoms with Crippen LogP contribution in [0.25, 0.3) is 0 Å². The smallest absolute Gasteiger partial charge is 0.462 e. The number of allylic oxidation sites excluding steroid dienone is 16. The van der Waals surface area contributed by atoms with E-state index in [1.165, 1.54) is 109 Å². The first-order valence-electron chi connectivity index (χ1n) is 27.7. The molecule has 396 valence electrons. The Balaban J connectivity index is 4.07. The van der Waals surface area contributed by atoms with Gasteiger partial charge in [-0.25, -0.2) is 4.57 Å². The van der Waals surface area contributed by atoms with E-state index in [-0.39, 0.29) is 32.6 Å². The molecule has 0 heterocycles. The summed E-state index contributed by atoms with van der Waals surface area (Å²) in [4.78, 5) is 35.1. The predicted octanol–water partition coefficient (Wildman–Crippen LogP) is 17.3. The highest BCUT2D eigenvalue weighted by molar-refractivity contribution is 7.47. The van der Waals surface area contributed by atoms with Crippen molar-refractivity contribution in [3.05, 3.63) is 97.2 Å². The molecule has 0 aromatic heterocycles. The molecule has 2 unspecified atom stereocenters. The van der Waals surface area contributed by atoms with Crippen molar-refractivity contribution in [1.29, 1.82) is 0 Å². The lowest BCUT2D eigenvalue weighted by Gasteiger charge is -2.19. The first kappa shape index (κ1) is 65.9. The highest BCUT2D eigenvalue weighted by Crippen LogP contribution is 2.43. The summed E-state index contributed by atoms with van der Waals surface area (Å²) in [5, 5.41) is 0. The molecule has 0 rings (SSSR count). The predicted molar refractivity (Wildman–Crippen MR) is 293 cm³/mol. The second-order valence-corrected chi connectivity index (χ2v) is 19.5. The Labute approximate surface area is 423 Å². The number of rotatable bonds is 51. The van der Waals surface area contributed by atoms with Crippen molar-refractivity contribution in [3.8, 4) is 0 Å². The molecule has 10 heteroatoms. The Hall–Kier alpha value is -3.07. The molecule has 0 bridgehead atoms. The van der Waals surface area contributed by atoms with Gasteiger partial charge in [0.05, 0.1) is 13.2 Å². The number of ether oxygens (including phenoxy) is 2. The van der Waals surface area contributed by atoms with Gasteiger partial charge in [-0.05, 0) is 96.3 Å². The number of hydrogen-bond acceptors (Lipinski definition) is 8. The van der Waals surface area contributed by atoms with Crippen molar-refractivity contribution in [3.63, 3.8) is 0 Å². The normalized spacial score (nSPS) is 13.9. The molecule has 0 aromatic carbocycles. The van der Waals surface area contributed by atoms with Crippen LogP contribution in [0.3, 0.4) is 0 Å². The Bertz CT molecular complexity index is 1450. The van der Waals surface area contributed by atoms with Gasteiger partial charge in [-0.2, -0.15) is 0 Å². The number of phosphoric acid groups is 1. The van der Waals surface area contributed by atoms with E-state index in [4.69, 9.17) is 24.3 Å². The van der Waals surface area contributed by atoms with Crippen LogP contribution in [0, 0.1) is 0 Å². The number of unbranched alkanes of at least 4 members (excludes halogenated alkanes) is 22. The van der Waals surface area contributed by atoms with Crippen LogP contribution in [0.5, 0.6) is 0 Å². The first-order chi connectivity index (χ1) is 33.8. The van der Waals surface area contributed by atoms with Gasteiger partial charge in [-0.15, -0.1) is 0 Å². The van der Waals surface area contributed by atoms with Crippen molar-refractivity contribution < 1.29 is 37.6 Å². The van der Waals surface area contributed by atoms with Gasteiger partial charge in [0.2, 0.25) is 0 Å². The number of carbonyl (C=O) groups is 2. The van der Waals surface area contributed by atoms with E-state index in [2.05, 4.69) is 111 Å². The zero-order valence-corrected chi connectivity index (χ0v) is 44.9. The third-order valence-electron chi connectivity index (χ3n) is 11.5. The van der Waals surface area contributed by atoms with Crippen LogP contribution < -0.4 is 5.73 Å². The van der Waals surface area contributed by atoms with Crippen LogP contribution in [0.2, 0.25) is 0 Å². The number of esters is 2. The van der Waals surface area contributed by atoms with Crippen molar-refractivity contribution in [2.75, 3.05) is 26.4 Å². The van der Waals surface area contributed by atoms with Crippen LogP contribution in [0.1, 0.15) is 232 Å². The van der Waals surface area contributed by atoms with Crippen molar-refractivity contribution >= 4 is 19.8 Å². The van der Waals surface area contributed by atoms with Gasteiger partial charge in [0.1, 0.15) is 6.61 Å². The molecule has 0 saturated carbocycles. The Morgan fingerprint density at radius 1 is 0.449 bits per heavy atom. The second kappa shape index (κ2) is 54.3. The van der Waals surface area contributed by atoms with Crippen LogP contribution >= 0.6 is 7.82 Å². The van der Waals surface area contributed by atoms with Gasteiger partial charge in [0.25, 0.3) is 0 Å². The minimum Gasteiger partial charge on any atom is -0.462 e. The summed E-state index contributed by atoms with van der Waals surface area (Å²) in [6.07, 6.45) is 71.6. The number of hydrogen-bond donors (Lipinski definition) is 2. The zero-order valence-electron chi connectivity index (χ0n) is 44.0. The Morgan fingerprint density at radius 3 is 1.19 bits per heavy atom. The first-order valence-corrected chi connectivity index (χ1v) is 29.2. The third kappa shape index (κ3) is 54.1. The molecule has 0 aromatic rings. The second-order valence-electron chi connectivity index (χ2n) is 18.1. The lowest BCUT2D eigenvalue weighted by atomic mass is 10.0. The van der Waals surface area contributed by atoms with Crippen LogP contribution in [0.4, 0.5) is 0 Å². The summed E-state index contributed by atoms with van der Waals surface area (Å²) < 4.78 is 33.0. The average molecular weight is 984 g/mol. The summed E-state index contributed by atoms with van der Waals surface area (Å²) >= 11 is 0. The molecule has 0 radical (unpaired) electrons. The molecule has 0 aliphatic rings. The largest absolute Gasteiger partial charge is 0.472 e. The van der Waals surface area contributed by atoms with Crippen LogP contribution in [-0.4, -0.2) is 49.3 Å². The fourth-order valence-corrected chi connectivity index (χ4v) is 8.14. The Morgan fingerprint density at radius 2 is 0.797 bits per heavy atom. The standard InChI is InChI=1S/C59H102NO8P/c1-3-5-7-9-11-13-15-17-19-21-23-25-27-28-30-31-33-35-37-39-41-43-45-47-49-51-58(61)65-55-57(56-67-69(63,64)66-54-53-60)68-59(62)52-50-48-46-44-42-40-38-36-34-32-29-26-24-22-20-18-16-14-12-10-8-6-4-2/h6,8,12,14-15,17-18,20-21,23-24,26,32,34,38,40,57H,3-5,7,9-11,13,16,19,22,25,27-31,33,35-37,39,41-56,60H2,1-2H3,(H,63,64)/b8-6-,14-12-,17-15-,20-18-,23-21-,26-24-,34-32-,40-38-. The maximum atomic E-state index is 12.7. The fraction of sp³-hybridized carbons (Fsp3) is 0.695. The van der Waals surface area contributed by atoms with Crippen molar-refractivity contribution in [2.24, 2.45) is 5.73 Å². The van der Waals surface area contributed by atoms with E-state index >= 15 is 0 Å². The van der Waals surface area contributed by atoms with Crippen molar-refractivity contribution in [2.45, 2.75) is 238 Å². The molecule has 69 heavy (non-hydrogen) atoms. The molecule has 0 aliphatic carbocycles. The highest BCUT2D eigenvalue weighted by atomic mass is 31.2. The molecular formula is C59H102NO8P. The van der Waals surface area contributed by atoms with Crippen molar-refractivity contribution in [1.82, 2.24) is 0 Å². The molecule has 0 aliphatic heterocycles. The van der Waals surface area contributed by atoms with Gasteiger partial charge in [0.15, 0.2) is 6.10 Å². The van der Waals surface area contributed by atoms with Gasteiger partial charge in [-0.1, -0.05) is 220 Å². The minimum absolute atomic E-state index is 0.0440. The summed E-state index contributed by atoms with van der Waals surface area (Å²) in [6.45, 7) is 3.59. The van der Waals surface area contributed by atoms with E-state index in [0.29, 0.717) is 6.42 Å². The highest BCUT2D eigenvalue weighted by Gasteiger charge is 2.26. The van der Waals surface area contributed by atoms with Gasteiger partial charge < -0.3 is 20.1 Å². The van der Waals surface area contributed by atoms with Gasteiger partial charge in [0, 0.05) is 19.4 Å². The molecule has 0 fully saturated rings. The molecule has 0 amide bonds. The molecule has 0 saturated heterocycles. The minimum atomic E-state index is -4.40. The SMILES string of the molecule is CC/C=C\C/C=C\C/C=C\C/C=C\C/C=C\C/C=C\CCCCCCC(=O)OC(COC(=O)CCCCCCCCCCCCCCC/C=C\C/C=C\CCCCCCC)COP(=O)(O)OCCN. The van der Waals surface area contributed by atoms with Crippen LogP contribution in [0.15, 0.2) is 97.2 Å². The van der Waals surface area contributed by atoms with E-state index in [1.54, 1.807) is 0 Å². The molecule has 0 spiro atoms. The molecular weight excluding hydrogens is 882 g/mol. The maximum absolute atomic E-state index is 12.7. The lowest BCUT2D eigenvalue weighted by molar-refractivity contribution is -0.161. The fourth-order valence-electron chi connectivity index (χ4n) is 7.37. The van der Waals surface area contributed by atoms with E-state index in [1.807, 2.05) is 0 Å². The molecule has 2 atom stereocenters.